The highest BCUT2D eigenvalue weighted by molar-refractivity contribution is 9.10. The molecule has 0 bridgehead atoms. The molecule has 2 aromatic rings. The summed E-state index contributed by atoms with van der Waals surface area (Å²) in [6, 6.07) is 10.0. The number of nitrogens with one attached hydrogen (secondary N) is 1. The largest absolute Gasteiger partial charge is 0.507 e. The molecule has 6 heteroatoms. The molecule has 0 radical (unpaired) electrons. The number of halogens is 1. The van der Waals surface area contributed by atoms with Crippen molar-refractivity contribution in [2.75, 3.05) is 0 Å². The SMILES string of the molecule is N=C(N=C(N)c1cc(Br)ccc1O)c1ccccn1. The van der Waals surface area contributed by atoms with E-state index in [2.05, 4.69) is 25.9 Å². The van der Waals surface area contributed by atoms with Gasteiger partial charge in [-0.15, -0.1) is 0 Å². The summed E-state index contributed by atoms with van der Waals surface area (Å²) in [6.45, 7) is 0. The Labute approximate surface area is 118 Å². The number of aromatic nitrogens is 1. The van der Waals surface area contributed by atoms with Gasteiger partial charge >= 0.3 is 0 Å². The lowest BCUT2D eigenvalue weighted by molar-refractivity contribution is 0.474. The molecule has 19 heavy (non-hydrogen) atoms. The van der Waals surface area contributed by atoms with Gasteiger partial charge in [0.1, 0.15) is 17.3 Å². The lowest BCUT2D eigenvalue weighted by Crippen LogP contribution is -2.16. The minimum absolute atomic E-state index is 0.0123. The zero-order valence-electron chi connectivity index (χ0n) is 9.84. The van der Waals surface area contributed by atoms with Crippen LogP contribution in [0.1, 0.15) is 11.3 Å². The number of hydrogen-bond acceptors (Lipinski definition) is 3. The van der Waals surface area contributed by atoms with E-state index in [9.17, 15) is 5.11 Å². The molecule has 0 saturated carbocycles. The smallest absolute Gasteiger partial charge is 0.172 e. The molecule has 5 nitrogen and oxygen atoms in total. The van der Waals surface area contributed by atoms with E-state index < -0.39 is 0 Å². The number of nitrogens with two attached hydrogens (primary N) is 1. The summed E-state index contributed by atoms with van der Waals surface area (Å²) in [6.07, 6.45) is 1.58. The summed E-state index contributed by atoms with van der Waals surface area (Å²) in [5.41, 5.74) is 6.59. The Morgan fingerprint density at radius 3 is 2.79 bits per heavy atom. The summed E-state index contributed by atoms with van der Waals surface area (Å²) in [5, 5.41) is 17.5. The molecule has 0 aliphatic rings. The highest BCUT2D eigenvalue weighted by Crippen LogP contribution is 2.21. The third-order valence-corrected chi connectivity index (χ3v) is 2.87. The van der Waals surface area contributed by atoms with Gasteiger partial charge in [-0.3, -0.25) is 10.4 Å². The third-order valence-electron chi connectivity index (χ3n) is 2.37. The molecule has 0 unspecified atom stereocenters. The predicted molar refractivity (Wildman–Crippen MR) is 77.6 cm³/mol. The molecule has 2 rings (SSSR count). The van der Waals surface area contributed by atoms with E-state index in [1.807, 2.05) is 0 Å². The van der Waals surface area contributed by atoms with E-state index in [0.29, 0.717) is 11.3 Å². The maximum Gasteiger partial charge on any atom is 0.172 e. The van der Waals surface area contributed by atoms with E-state index in [0.717, 1.165) is 4.47 Å². The van der Waals surface area contributed by atoms with Crippen molar-refractivity contribution in [3.8, 4) is 5.75 Å². The number of benzene rings is 1. The number of phenolic OH excluding ortho intramolecular Hbond substituents is 1. The fourth-order valence-electron chi connectivity index (χ4n) is 1.45. The quantitative estimate of drug-likeness (QED) is 0.585. The number of hydrogen-bond donors (Lipinski definition) is 3. The molecule has 0 atom stereocenters. The van der Waals surface area contributed by atoms with Gasteiger partial charge in [0, 0.05) is 10.7 Å². The zero-order chi connectivity index (χ0) is 13.8. The Morgan fingerprint density at radius 2 is 2.11 bits per heavy atom. The Hall–Kier alpha value is -2.21. The highest BCUT2D eigenvalue weighted by Gasteiger charge is 2.08. The molecule has 96 valence electrons. The molecular weight excluding hydrogens is 308 g/mol. The fourth-order valence-corrected chi connectivity index (χ4v) is 1.82. The first kappa shape index (κ1) is 13.2. The number of amidine groups is 2. The molecule has 0 amide bonds. The molecule has 0 saturated heterocycles. The van der Waals surface area contributed by atoms with Crippen molar-refractivity contribution in [3.63, 3.8) is 0 Å². The monoisotopic (exact) mass is 318 g/mol. The molecule has 0 aliphatic heterocycles. The third kappa shape index (κ3) is 3.17. The van der Waals surface area contributed by atoms with E-state index in [1.54, 1.807) is 36.5 Å². The zero-order valence-corrected chi connectivity index (χ0v) is 11.4. The van der Waals surface area contributed by atoms with Crippen molar-refractivity contribution in [1.82, 2.24) is 4.98 Å². The Bertz CT molecular complexity index is 640. The van der Waals surface area contributed by atoms with Crippen LogP contribution >= 0.6 is 15.9 Å². The van der Waals surface area contributed by atoms with Gasteiger partial charge < -0.3 is 10.8 Å². The maximum atomic E-state index is 9.72. The fraction of sp³-hybridized carbons (Fsp3) is 0. The van der Waals surface area contributed by atoms with E-state index in [1.165, 1.54) is 6.07 Å². The van der Waals surface area contributed by atoms with Gasteiger partial charge in [-0.25, -0.2) is 4.99 Å². The summed E-state index contributed by atoms with van der Waals surface area (Å²) in [5.74, 6) is 0.0187. The van der Waals surface area contributed by atoms with Crippen LogP contribution < -0.4 is 5.73 Å². The normalized spacial score (nSPS) is 11.3. The van der Waals surface area contributed by atoms with Gasteiger partial charge in [0.25, 0.3) is 0 Å². The predicted octanol–water partition coefficient (Wildman–Crippen LogP) is 2.28. The van der Waals surface area contributed by atoms with Gasteiger partial charge in [0.2, 0.25) is 0 Å². The molecule has 0 fully saturated rings. The number of aromatic hydroxyl groups is 1. The molecule has 0 spiro atoms. The standard InChI is InChI=1S/C13H11BrN4O/c14-8-4-5-11(19)9(7-8)12(15)18-13(16)10-3-1-2-6-17-10/h1-7,19H,(H3,15,16,18). The first-order valence-electron chi connectivity index (χ1n) is 5.41. The molecule has 1 aromatic heterocycles. The number of pyridine rings is 1. The molecular formula is C13H11BrN4O. The van der Waals surface area contributed by atoms with Crippen LogP contribution in [0.15, 0.2) is 52.1 Å². The first-order valence-corrected chi connectivity index (χ1v) is 6.20. The van der Waals surface area contributed by atoms with Crippen LogP contribution in [0.4, 0.5) is 0 Å². The molecule has 1 aromatic carbocycles. The summed E-state index contributed by atoms with van der Waals surface area (Å²) in [4.78, 5) is 7.96. The van der Waals surface area contributed by atoms with Gasteiger partial charge in [0.05, 0.1) is 5.56 Å². The molecule has 0 aliphatic carbocycles. The minimum atomic E-state index is -0.0579. The first-order chi connectivity index (χ1) is 9.08. The van der Waals surface area contributed by atoms with Crippen LogP contribution in [0, 0.1) is 5.41 Å². The van der Waals surface area contributed by atoms with E-state index in [-0.39, 0.29) is 17.4 Å². The van der Waals surface area contributed by atoms with Crippen molar-refractivity contribution in [2.24, 2.45) is 10.7 Å². The number of rotatable bonds is 2. The van der Waals surface area contributed by atoms with Crippen LogP contribution in [0.2, 0.25) is 0 Å². The second-order valence-corrected chi connectivity index (χ2v) is 4.64. The lowest BCUT2D eigenvalue weighted by Gasteiger charge is -2.05. The van der Waals surface area contributed by atoms with E-state index in [4.69, 9.17) is 11.1 Å². The van der Waals surface area contributed by atoms with Crippen LogP contribution in [-0.2, 0) is 0 Å². The van der Waals surface area contributed by atoms with Gasteiger partial charge in [0.15, 0.2) is 5.84 Å². The topological polar surface area (TPSA) is 95.4 Å². The van der Waals surface area contributed by atoms with Crippen molar-refractivity contribution >= 4 is 27.6 Å². The second kappa shape index (κ2) is 5.62. The molecule has 1 heterocycles. The maximum absolute atomic E-state index is 9.72. The minimum Gasteiger partial charge on any atom is -0.507 e. The van der Waals surface area contributed by atoms with Gasteiger partial charge in [-0.2, -0.15) is 0 Å². The number of aliphatic imine (C=N–C) groups is 1. The number of phenols is 1. The molecule has 4 N–H and O–H groups in total. The Balaban J connectivity index is 2.33. The lowest BCUT2D eigenvalue weighted by atomic mass is 10.2. The summed E-state index contributed by atoms with van der Waals surface area (Å²) >= 11 is 3.29. The van der Waals surface area contributed by atoms with Crippen molar-refractivity contribution in [1.29, 1.82) is 5.41 Å². The summed E-state index contributed by atoms with van der Waals surface area (Å²) < 4.78 is 0.766. The number of nitrogens with zero attached hydrogens (tertiary/aromatic N) is 2. The Kier molecular flexibility index (Phi) is 3.91. The van der Waals surface area contributed by atoms with Crippen molar-refractivity contribution in [3.05, 3.63) is 58.3 Å². The van der Waals surface area contributed by atoms with E-state index >= 15 is 0 Å². The van der Waals surface area contributed by atoms with Crippen LogP contribution in [-0.4, -0.2) is 21.8 Å². The Morgan fingerprint density at radius 1 is 1.32 bits per heavy atom. The van der Waals surface area contributed by atoms with Crippen LogP contribution in [0.25, 0.3) is 0 Å². The van der Waals surface area contributed by atoms with Crippen LogP contribution in [0.3, 0.4) is 0 Å². The van der Waals surface area contributed by atoms with Crippen molar-refractivity contribution < 1.29 is 5.11 Å². The second-order valence-electron chi connectivity index (χ2n) is 3.72. The summed E-state index contributed by atoms with van der Waals surface area (Å²) in [7, 11) is 0. The highest BCUT2D eigenvalue weighted by atomic mass is 79.9. The average Bonchev–Trinajstić information content (AvgIpc) is 2.42. The van der Waals surface area contributed by atoms with Gasteiger partial charge in [-0.05, 0) is 30.3 Å². The van der Waals surface area contributed by atoms with Crippen LogP contribution in [0.5, 0.6) is 5.75 Å². The van der Waals surface area contributed by atoms with Gasteiger partial charge in [-0.1, -0.05) is 22.0 Å². The van der Waals surface area contributed by atoms with Crippen molar-refractivity contribution in [2.45, 2.75) is 0 Å². The average molecular weight is 319 g/mol.